The lowest BCUT2D eigenvalue weighted by atomic mass is 10.2. The molecule has 0 bridgehead atoms. The summed E-state index contributed by atoms with van der Waals surface area (Å²) in [6.07, 6.45) is 0.723. The van der Waals surface area contributed by atoms with Gasteiger partial charge in [0.05, 0.1) is 0 Å². The zero-order valence-corrected chi connectivity index (χ0v) is 18.5. The number of benzene rings is 1. The van der Waals surface area contributed by atoms with Gasteiger partial charge in [0, 0.05) is 44.0 Å². The molecule has 0 unspecified atom stereocenters. The Kier molecular flexibility index (Phi) is 8.03. The smallest absolute Gasteiger partial charge is 0.252 e. The van der Waals surface area contributed by atoms with Crippen LogP contribution in [0.4, 0.5) is 11.4 Å². The van der Waals surface area contributed by atoms with Crippen LogP contribution in [-0.2, 0) is 14.8 Å². The molecule has 0 spiro atoms. The Bertz CT molecular complexity index is 847. The average Bonchev–Trinajstić information content (AvgIpc) is 3.19. The molecule has 0 atom stereocenters. The maximum atomic E-state index is 12.4. The van der Waals surface area contributed by atoms with Crippen molar-refractivity contribution in [2.75, 3.05) is 30.4 Å². The van der Waals surface area contributed by atoms with E-state index in [1.807, 2.05) is 24.3 Å². The van der Waals surface area contributed by atoms with Gasteiger partial charge in [0.2, 0.25) is 5.91 Å². The topological polar surface area (TPSA) is 69.7 Å². The Labute approximate surface area is 172 Å². The summed E-state index contributed by atoms with van der Waals surface area (Å²) in [5.41, 5.74) is 1.86. The Morgan fingerprint density at radius 3 is 2.39 bits per heavy atom. The van der Waals surface area contributed by atoms with Crippen LogP contribution in [0.25, 0.3) is 0 Å². The number of carbonyl (C=O) groups excluding carboxylic acids is 1. The van der Waals surface area contributed by atoms with E-state index in [9.17, 15) is 13.2 Å². The van der Waals surface area contributed by atoms with Gasteiger partial charge in [0.1, 0.15) is 4.21 Å². The van der Waals surface area contributed by atoms with E-state index in [4.69, 9.17) is 0 Å². The molecule has 1 aromatic heterocycles. The molecule has 0 radical (unpaired) electrons. The first-order valence-corrected chi connectivity index (χ1v) is 11.7. The first-order valence-electron chi connectivity index (χ1n) is 9.42. The standard InChI is InChI=1S/C20H29N3O3S2/c1-5-23(16(2)3)18-12-10-17(11-13-18)21-19(24)8-6-14-22(4)28(25,26)20-9-7-15-27-20/h7,9-13,15-16H,5-6,8,14H2,1-4H3,(H,21,24). The molecule has 1 heterocycles. The number of rotatable bonds is 10. The largest absolute Gasteiger partial charge is 0.369 e. The molecule has 8 heteroatoms. The molecule has 0 fully saturated rings. The minimum Gasteiger partial charge on any atom is -0.369 e. The third-order valence-corrected chi connectivity index (χ3v) is 7.71. The lowest BCUT2D eigenvalue weighted by molar-refractivity contribution is -0.116. The van der Waals surface area contributed by atoms with Crippen molar-refractivity contribution in [1.29, 1.82) is 0 Å². The van der Waals surface area contributed by atoms with Gasteiger partial charge in [-0.25, -0.2) is 12.7 Å². The molecule has 0 aliphatic carbocycles. The molecule has 1 N–H and O–H groups in total. The molecule has 28 heavy (non-hydrogen) atoms. The molecule has 1 amide bonds. The molecular weight excluding hydrogens is 394 g/mol. The highest BCUT2D eigenvalue weighted by Gasteiger charge is 2.21. The molecule has 2 aromatic rings. The van der Waals surface area contributed by atoms with Gasteiger partial charge < -0.3 is 10.2 Å². The van der Waals surface area contributed by atoms with Crippen LogP contribution in [0.15, 0.2) is 46.0 Å². The first kappa shape index (κ1) is 22.4. The van der Waals surface area contributed by atoms with Gasteiger partial charge in [-0.1, -0.05) is 6.07 Å². The van der Waals surface area contributed by atoms with Crippen molar-refractivity contribution in [3.8, 4) is 0 Å². The summed E-state index contributed by atoms with van der Waals surface area (Å²) in [5, 5.41) is 4.61. The van der Waals surface area contributed by atoms with Gasteiger partial charge in [-0.15, -0.1) is 11.3 Å². The second-order valence-electron chi connectivity index (χ2n) is 6.84. The number of carbonyl (C=O) groups is 1. The first-order chi connectivity index (χ1) is 13.3. The van der Waals surface area contributed by atoms with Crippen LogP contribution >= 0.6 is 11.3 Å². The highest BCUT2D eigenvalue weighted by molar-refractivity contribution is 7.91. The normalized spacial score (nSPS) is 11.8. The molecule has 0 aliphatic rings. The fraction of sp³-hybridized carbons (Fsp3) is 0.450. The van der Waals surface area contributed by atoms with Gasteiger partial charge in [0.25, 0.3) is 10.0 Å². The molecule has 154 valence electrons. The minimum atomic E-state index is -3.46. The van der Waals surface area contributed by atoms with E-state index in [-0.39, 0.29) is 12.3 Å². The van der Waals surface area contributed by atoms with Crippen molar-refractivity contribution in [3.63, 3.8) is 0 Å². The predicted octanol–water partition coefficient (Wildman–Crippen LogP) is 4.02. The fourth-order valence-electron chi connectivity index (χ4n) is 2.95. The summed E-state index contributed by atoms with van der Waals surface area (Å²) in [7, 11) is -1.92. The number of amides is 1. The number of nitrogens with one attached hydrogen (secondary N) is 1. The van der Waals surface area contributed by atoms with Crippen molar-refractivity contribution in [3.05, 3.63) is 41.8 Å². The summed E-state index contributed by atoms with van der Waals surface area (Å²) in [4.78, 5) is 14.4. The average molecular weight is 424 g/mol. The van der Waals surface area contributed by atoms with E-state index in [1.165, 1.54) is 15.6 Å². The monoisotopic (exact) mass is 423 g/mol. The summed E-state index contributed by atoms with van der Waals surface area (Å²) >= 11 is 1.19. The van der Waals surface area contributed by atoms with E-state index in [0.717, 1.165) is 17.9 Å². The SMILES string of the molecule is CCN(c1ccc(NC(=O)CCCN(C)S(=O)(=O)c2cccs2)cc1)C(C)C. The maximum absolute atomic E-state index is 12.4. The van der Waals surface area contributed by atoms with E-state index in [0.29, 0.717) is 23.2 Å². The number of nitrogens with zero attached hydrogens (tertiary/aromatic N) is 2. The van der Waals surface area contributed by atoms with Crippen molar-refractivity contribution in [2.45, 2.75) is 43.9 Å². The maximum Gasteiger partial charge on any atom is 0.252 e. The highest BCUT2D eigenvalue weighted by Crippen LogP contribution is 2.21. The van der Waals surface area contributed by atoms with Gasteiger partial charge in [-0.3, -0.25) is 4.79 Å². The molecule has 0 aliphatic heterocycles. The van der Waals surface area contributed by atoms with Gasteiger partial charge in [-0.2, -0.15) is 0 Å². The van der Waals surface area contributed by atoms with E-state index in [1.54, 1.807) is 24.6 Å². The zero-order chi connectivity index (χ0) is 20.7. The molecule has 0 saturated carbocycles. The number of hydrogen-bond donors (Lipinski definition) is 1. The molecule has 6 nitrogen and oxygen atoms in total. The van der Waals surface area contributed by atoms with E-state index in [2.05, 4.69) is 31.0 Å². The Morgan fingerprint density at radius 1 is 1.18 bits per heavy atom. The van der Waals surface area contributed by atoms with Crippen LogP contribution < -0.4 is 10.2 Å². The summed E-state index contributed by atoms with van der Waals surface area (Å²) in [5.74, 6) is -0.120. The molecule has 0 saturated heterocycles. The van der Waals surface area contributed by atoms with Gasteiger partial charge in [-0.05, 0) is 62.9 Å². The van der Waals surface area contributed by atoms with Crippen molar-refractivity contribution in [1.82, 2.24) is 4.31 Å². The third-order valence-electron chi connectivity index (χ3n) is 4.48. The quantitative estimate of drug-likeness (QED) is 0.627. The Morgan fingerprint density at radius 2 is 1.86 bits per heavy atom. The van der Waals surface area contributed by atoms with Crippen LogP contribution in [0.5, 0.6) is 0 Å². The lowest BCUT2D eigenvalue weighted by Gasteiger charge is -2.27. The molecule has 2 rings (SSSR count). The second kappa shape index (κ2) is 10.0. The number of thiophene rings is 1. The summed E-state index contributed by atoms with van der Waals surface area (Å²) in [6, 6.07) is 11.5. The van der Waals surface area contributed by atoms with Crippen molar-refractivity contribution in [2.24, 2.45) is 0 Å². The molecule has 1 aromatic carbocycles. The van der Waals surface area contributed by atoms with E-state index >= 15 is 0 Å². The lowest BCUT2D eigenvalue weighted by Crippen LogP contribution is -2.30. The Balaban J connectivity index is 1.83. The van der Waals surface area contributed by atoms with Crippen LogP contribution in [0.3, 0.4) is 0 Å². The number of anilines is 2. The number of hydrogen-bond acceptors (Lipinski definition) is 5. The van der Waals surface area contributed by atoms with Crippen molar-refractivity contribution < 1.29 is 13.2 Å². The van der Waals surface area contributed by atoms with Crippen LogP contribution in [0.1, 0.15) is 33.6 Å². The van der Waals surface area contributed by atoms with Crippen LogP contribution in [-0.4, -0.2) is 44.8 Å². The van der Waals surface area contributed by atoms with E-state index < -0.39 is 10.0 Å². The highest BCUT2D eigenvalue weighted by atomic mass is 32.2. The second-order valence-corrected chi connectivity index (χ2v) is 10.1. The Hall–Kier alpha value is -1.90. The number of sulfonamides is 1. The summed E-state index contributed by atoms with van der Waals surface area (Å²) in [6.45, 7) is 7.63. The molecular formula is C20H29N3O3S2. The van der Waals surface area contributed by atoms with Gasteiger partial charge >= 0.3 is 0 Å². The van der Waals surface area contributed by atoms with Crippen molar-refractivity contribution >= 4 is 38.6 Å². The minimum absolute atomic E-state index is 0.120. The zero-order valence-electron chi connectivity index (χ0n) is 16.9. The third kappa shape index (κ3) is 5.80. The fourth-order valence-corrected chi connectivity index (χ4v) is 5.36. The van der Waals surface area contributed by atoms with Crippen LogP contribution in [0, 0.1) is 0 Å². The predicted molar refractivity (Wildman–Crippen MR) is 117 cm³/mol. The summed E-state index contributed by atoms with van der Waals surface area (Å²) < 4.78 is 26.3. The van der Waals surface area contributed by atoms with Gasteiger partial charge in [0.15, 0.2) is 0 Å². The van der Waals surface area contributed by atoms with Crippen LogP contribution in [0.2, 0.25) is 0 Å².